The molecule has 0 atom stereocenters. The van der Waals surface area contributed by atoms with E-state index in [2.05, 4.69) is 36.0 Å². The van der Waals surface area contributed by atoms with Crippen LogP contribution in [0.3, 0.4) is 0 Å². The van der Waals surface area contributed by atoms with Gasteiger partial charge in [-0.25, -0.2) is 9.97 Å². The molecule has 1 aromatic carbocycles. The first-order valence-electron chi connectivity index (χ1n) is 9.40. The Hall–Kier alpha value is -3.44. The Morgan fingerprint density at radius 1 is 1.07 bits per heavy atom. The van der Waals surface area contributed by atoms with Gasteiger partial charge in [0, 0.05) is 43.9 Å². The Kier molecular flexibility index (Phi) is 4.81. The fourth-order valence-corrected chi connectivity index (χ4v) is 4.23. The molecule has 3 aromatic heterocycles. The minimum absolute atomic E-state index is 0.0276. The summed E-state index contributed by atoms with van der Waals surface area (Å²) >= 11 is 1.62. The summed E-state index contributed by atoms with van der Waals surface area (Å²) in [7, 11) is 0. The van der Waals surface area contributed by atoms with E-state index in [-0.39, 0.29) is 5.69 Å². The molecule has 0 amide bonds. The maximum absolute atomic E-state index is 10.8. The summed E-state index contributed by atoms with van der Waals surface area (Å²) in [5, 5.41) is 22.1. The van der Waals surface area contributed by atoms with Gasteiger partial charge in [0.15, 0.2) is 0 Å². The van der Waals surface area contributed by atoms with Gasteiger partial charge in [-0.1, -0.05) is 0 Å². The Morgan fingerprint density at radius 2 is 1.87 bits per heavy atom. The van der Waals surface area contributed by atoms with Gasteiger partial charge < -0.3 is 9.32 Å². The molecule has 10 nitrogen and oxygen atoms in total. The van der Waals surface area contributed by atoms with Crippen LogP contribution in [-0.4, -0.2) is 56.2 Å². The second-order valence-electron chi connectivity index (χ2n) is 6.90. The topological polar surface area (TPSA) is 114 Å². The standard InChI is InChI=1S/C19H17N7O3S/c27-26(28)14-3-1-13(2-4-14)18-23-22-16(29-18)11-24-6-8-25(9-7-24)17-15-5-10-30-19(15)21-12-20-17/h1-5,10,12H,6-9,11H2. The second kappa shape index (κ2) is 7.76. The molecule has 0 spiro atoms. The van der Waals surface area contributed by atoms with Crippen LogP contribution in [0.2, 0.25) is 0 Å². The number of fused-ring (bicyclic) bond motifs is 1. The van der Waals surface area contributed by atoms with Crippen molar-refractivity contribution in [3.63, 3.8) is 0 Å². The summed E-state index contributed by atoms with van der Waals surface area (Å²) in [6.07, 6.45) is 1.62. The summed E-state index contributed by atoms with van der Waals surface area (Å²) in [5.74, 6) is 1.87. The highest BCUT2D eigenvalue weighted by Gasteiger charge is 2.22. The lowest BCUT2D eigenvalue weighted by molar-refractivity contribution is -0.384. The molecule has 5 rings (SSSR count). The number of hydrogen-bond acceptors (Lipinski definition) is 10. The molecular formula is C19H17N7O3S. The Labute approximate surface area is 175 Å². The molecule has 0 bridgehead atoms. The van der Waals surface area contributed by atoms with Gasteiger partial charge in [-0.3, -0.25) is 15.0 Å². The number of nitrogens with zero attached hydrogens (tertiary/aromatic N) is 7. The van der Waals surface area contributed by atoms with Crippen molar-refractivity contribution in [2.24, 2.45) is 0 Å². The number of aromatic nitrogens is 4. The maximum atomic E-state index is 10.8. The number of nitro groups is 1. The predicted molar refractivity (Wildman–Crippen MR) is 111 cm³/mol. The van der Waals surface area contributed by atoms with Gasteiger partial charge in [-0.2, -0.15) is 0 Å². The maximum Gasteiger partial charge on any atom is 0.269 e. The Balaban J connectivity index is 1.22. The van der Waals surface area contributed by atoms with Crippen LogP contribution in [0.4, 0.5) is 11.5 Å². The molecule has 0 aliphatic carbocycles. The van der Waals surface area contributed by atoms with Crippen molar-refractivity contribution < 1.29 is 9.34 Å². The minimum Gasteiger partial charge on any atom is -0.419 e. The van der Waals surface area contributed by atoms with Gasteiger partial charge in [-0.15, -0.1) is 21.5 Å². The number of anilines is 1. The molecule has 1 saturated heterocycles. The van der Waals surface area contributed by atoms with Crippen LogP contribution in [-0.2, 0) is 6.54 Å². The van der Waals surface area contributed by atoms with Gasteiger partial charge in [0.1, 0.15) is 17.0 Å². The van der Waals surface area contributed by atoms with Crippen molar-refractivity contribution in [3.05, 3.63) is 58.0 Å². The predicted octanol–water partition coefficient (Wildman–Crippen LogP) is 2.97. The summed E-state index contributed by atoms with van der Waals surface area (Å²) in [4.78, 5) is 24.7. The van der Waals surface area contributed by atoms with Crippen LogP contribution in [0.1, 0.15) is 5.89 Å². The first-order valence-corrected chi connectivity index (χ1v) is 10.3. The van der Waals surface area contributed by atoms with Crippen LogP contribution in [0.5, 0.6) is 0 Å². The lowest BCUT2D eigenvalue weighted by atomic mass is 10.2. The molecular weight excluding hydrogens is 406 g/mol. The van der Waals surface area contributed by atoms with Crippen LogP contribution in [0.25, 0.3) is 21.7 Å². The van der Waals surface area contributed by atoms with Gasteiger partial charge >= 0.3 is 0 Å². The number of hydrogen-bond donors (Lipinski definition) is 0. The van der Waals surface area contributed by atoms with Crippen molar-refractivity contribution in [1.29, 1.82) is 0 Å². The number of piperazine rings is 1. The quantitative estimate of drug-likeness (QED) is 0.353. The Morgan fingerprint density at radius 3 is 2.63 bits per heavy atom. The lowest BCUT2D eigenvalue weighted by Gasteiger charge is -2.34. The van der Waals surface area contributed by atoms with E-state index in [0.29, 0.717) is 23.9 Å². The van der Waals surface area contributed by atoms with Crippen LogP contribution >= 0.6 is 11.3 Å². The van der Waals surface area contributed by atoms with Gasteiger partial charge in [0.2, 0.25) is 11.8 Å². The fraction of sp³-hybridized carbons (Fsp3) is 0.263. The van der Waals surface area contributed by atoms with Crippen molar-refractivity contribution in [2.45, 2.75) is 6.54 Å². The van der Waals surface area contributed by atoms with Crippen LogP contribution in [0, 0.1) is 10.1 Å². The highest BCUT2D eigenvalue weighted by molar-refractivity contribution is 7.16. The molecule has 1 aliphatic heterocycles. The smallest absolute Gasteiger partial charge is 0.269 e. The molecule has 0 N–H and O–H groups in total. The van der Waals surface area contributed by atoms with E-state index < -0.39 is 4.92 Å². The fourth-order valence-electron chi connectivity index (χ4n) is 3.50. The summed E-state index contributed by atoms with van der Waals surface area (Å²) < 4.78 is 5.76. The van der Waals surface area contributed by atoms with Crippen molar-refractivity contribution in [3.8, 4) is 11.5 Å². The van der Waals surface area contributed by atoms with E-state index in [1.807, 2.05) is 5.38 Å². The van der Waals surface area contributed by atoms with E-state index in [0.717, 1.165) is 42.2 Å². The van der Waals surface area contributed by atoms with Gasteiger partial charge in [-0.05, 0) is 23.6 Å². The van der Waals surface area contributed by atoms with Crippen LogP contribution in [0.15, 0.2) is 46.5 Å². The normalized spacial score (nSPS) is 15.0. The largest absolute Gasteiger partial charge is 0.419 e. The average Bonchev–Trinajstić information content (AvgIpc) is 3.44. The third kappa shape index (κ3) is 3.60. The number of rotatable bonds is 5. The highest BCUT2D eigenvalue weighted by atomic mass is 32.1. The molecule has 0 unspecified atom stereocenters. The van der Waals surface area contributed by atoms with E-state index in [1.54, 1.807) is 29.8 Å². The molecule has 11 heteroatoms. The molecule has 4 aromatic rings. The SMILES string of the molecule is O=[N+]([O-])c1ccc(-c2nnc(CN3CCN(c4ncnc5sccc45)CC3)o2)cc1. The molecule has 30 heavy (non-hydrogen) atoms. The Bertz CT molecular complexity index is 1180. The molecule has 152 valence electrons. The third-order valence-corrected chi connectivity index (χ3v) is 5.88. The first-order chi connectivity index (χ1) is 14.7. The van der Waals surface area contributed by atoms with E-state index in [1.165, 1.54) is 12.1 Å². The second-order valence-corrected chi connectivity index (χ2v) is 7.80. The van der Waals surface area contributed by atoms with Crippen LogP contribution < -0.4 is 4.90 Å². The molecule has 1 aliphatic rings. The average molecular weight is 423 g/mol. The molecule has 1 fully saturated rings. The van der Waals surface area contributed by atoms with Gasteiger partial charge in [0.25, 0.3) is 5.69 Å². The zero-order valence-corrected chi connectivity index (χ0v) is 16.7. The monoisotopic (exact) mass is 423 g/mol. The van der Waals surface area contributed by atoms with E-state index in [4.69, 9.17) is 4.42 Å². The first kappa shape index (κ1) is 18.6. The number of thiophene rings is 1. The number of benzene rings is 1. The molecule has 0 radical (unpaired) electrons. The third-order valence-electron chi connectivity index (χ3n) is 5.06. The van der Waals surface area contributed by atoms with Crippen molar-refractivity contribution >= 4 is 33.1 Å². The lowest BCUT2D eigenvalue weighted by Crippen LogP contribution is -2.46. The molecule has 0 saturated carbocycles. The summed E-state index contributed by atoms with van der Waals surface area (Å²) in [6, 6.07) is 8.15. The summed E-state index contributed by atoms with van der Waals surface area (Å²) in [5.41, 5.74) is 0.687. The number of non-ortho nitro benzene ring substituents is 1. The highest BCUT2D eigenvalue weighted by Crippen LogP contribution is 2.27. The molecule has 4 heterocycles. The van der Waals surface area contributed by atoms with Crippen molar-refractivity contribution in [1.82, 2.24) is 25.1 Å². The zero-order valence-electron chi connectivity index (χ0n) is 15.8. The minimum atomic E-state index is -0.437. The van der Waals surface area contributed by atoms with E-state index in [9.17, 15) is 10.1 Å². The van der Waals surface area contributed by atoms with E-state index >= 15 is 0 Å². The van der Waals surface area contributed by atoms with Crippen molar-refractivity contribution in [2.75, 3.05) is 31.1 Å². The summed E-state index contributed by atoms with van der Waals surface area (Å²) in [6.45, 7) is 3.97. The zero-order chi connectivity index (χ0) is 20.5. The number of nitro benzene ring substituents is 1. The van der Waals surface area contributed by atoms with Gasteiger partial charge in [0.05, 0.1) is 16.9 Å².